The van der Waals surface area contributed by atoms with E-state index in [-0.39, 0.29) is 5.91 Å². The normalized spacial score (nSPS) is 19.1. The molecule has 3 aromatic rings. The number of benzene rings is 1. The summed E-state index contributed by atoms with van der Waals surface area (Å²) < 4.78 is 0. The number of rotatable bonds is 2. The lowest BCUT2D eigenvalue weighted by atomic mass is 9.94. The monoisotopic (exact) mass is 316 g/mol. The molecule has 1 atom stereocenters. The van der Waals surface area contributed by atoms with Gasteiger partial charge < -0.3 is 10.3 Å². The molecule has 0 radical (unpaired) electrons. The molecular formula is C19H16N4O. The summed E-state index contributed by atoms with van der Waals surface area (Å²) in [5.41, 5.74) is 4.14. The summed E-state index contributed by atoms with van der Waals surface area (Å²) in [6.45, 7) is 4.03. The topological polar surface area (TPSA) is 81.6 Å². The van der Waals surface area contributed by atoms with Gasteiger partial charge >= 0.3 is 0 Å². The Kier molecular flexibility index (Phi) is 2.97. The standard InChI is InChI=1S/C19H16N4O/c1-3-19(2)17-13(18(24)23-19)7-8-15(22-17)14-10-21-16-11(9-20)5-4-6-12(14)16/h4-8,10,21H,3H2,1-2H3,(H,23,24). The van der Waals surface area contributed by atoms with E-state index >= 15 is 0 Å². The number of aromatic amines is 1. The predicted molar refractivity (Wildman–Crippen MR) is 91.4 cm³/mol. The van der Waals surface area contributed by atoms with Gasteiger partial charge in [-0.25, -0.2) is 4.98 Å². The first kappa shape index (κ1) is 14.5. The van der Waals surface area contributed by atoms with Crippen LogP contribution in [0.1, 0.15) is 41.9 Å². The van der Waals surface area contributed by atoms with Crippen molar-refractivity contribution in [2.45, 2.75) is 25.8 Å². The Bertz CT molecular complexity index is 1030. The summed E-state index contributed by atoms with van der Waals surface area (Å²) in [5.74, 6) is -0.0703. The minimum absolute atomic E-state index is 0.0703. The Morgan fingerprint density at radius 3 is 2.83 bits per heavy atom. The van der Waals surface area contributed by atoms with Gasteiger partial charge in [0.25, 0.3) is 5.91 Å². The van der Waals surface area contributed by atoms with Crippen LogP contribution in [0.4, 0.5) is 0 Å². The molecule has 2 N–H and O–H groups in total. The number of carbonyl (C=O) groups excluding carboxylic acids is 1. The predicted octanol–water partition coefficient (Wildman–Crippen LogP) is 3.47. The number of amides is 1. The fourth-order valence-corrected chi connectivity index (χ4v) is 3.31. The largest absolute Gasteiger partial charge is 0.359 e. The van der Waals surface area contributed by atoms with Crippen molar-refractivity contribution in [1.29, 1.82) is 5.26 Å². The third-order valence-corrected chi connectivity index (χ3v) is 4.87. The van der Waals surface area contributed by atoms with Crippen LogP contribution in [0.25, 0.3) is 22.2 Å². The van der Waals surface area contributed by atoms with Gasteiger partial charge in [0.05, 0.1) is 33.6 Å². The molecule has 0 bridgehead atoms. The number of aromatic nitrogens is 2. The maximum absolute atomic E-state index is 12.1. The van der Waals surface area contributed by atoms with Gasteiger partial charge in [-0.15, -0.1) is 0 Å². The van der Waals surface area contributed by atoms with Crippen molar-refractivity contribution in [2.24, 2.45) is 0 Å². The minimum atomic E-state index is -0.438. The minimum Gasteiger partial charge on any atom is -0.359 e. The Labute approximate surface area is 139 Å². The van der Waals surface area contributed by atoms with Crippen molar-refractivity contribution in [3.63, 3.8) is 0 Å². The summed E-state index contributed by atoms with van der Waals surface area (Å²) in [5, 5.41) is 13.2. The maximum Gasteiger partial charge on any atom is 0.253 e. The first-order chi connectivity index (χ1) is 11.6. The quantitative estimate of drug-likeness (QED) is 0.759. The number of hydrogen-bond acceptors (Lipinski definition) is 3. The molecule has 0 spiro atoms. The molecule has 3 heterocycles. The molecule has 1 aromatic carbocycles. The van der Waals surface area contributed by atoms with Gasteiger partial charge in [-0.2, -0.15) is 5.26 Å². The fourth-order valence-electron chi connectivity index (χ4n) is 3.31. The Morgan fingerprint density at radius 2 is 2.08 bits per heavy atom. The highest BCUT2D eigenvalue weighted by Gasteiger charge is 2.39. The summed E-state index contributed by atoms with van der Waals surface area (Å²) in [7, 11) is 0. The molecule has 4 rings (SSSR count). The first-order valence-electron chi connectivity index (χ1n) is 7.92. The smallest absolute Gasteiger partial charge is 0.253 e. The van der Waals surface area contributed by atoms with Gasteiger partial charge in [0, 0.05) is 17.1 Å². The van der Waals surface area contributed by atoms with E-state index in [1.165, 1.54) is 0 Å². The molecule has 1 unspecified atom stereocenters. The lowest BCUT2D eigenvalue weighted by molar-refractivity contribution is 0.0933. The zero-order valence-corrected chi connectivity index (χ0v) is 13.5. The van der Waals surface area contributed by atoms with Crippen LogP contribution in [0.5, 0.6) is 0 Å². The number of H-pyrrole nitrogens is 1. The van der Waals surface area contributed by atoms with Crippen LogP contribution >= 0.6 is 0 Å². The van der Waals surface area contributed by atoms with E-state index < -0.39 is 5.54 Å². The number of para-hydroxylation sites is 1. The van der Waals surface area contributed by atoms with Crippen molar-refractivity contribution in [3.8, 4) is 17.3 Å². The van der Waals surface area contributed by atoms with Crippen LogP contribution in [0.2, 0.25) is 0 Å². The average molecular weight is 316 g/mol. The molecule has 0 saturated heterocycles. The van der Waals surface area contributed by atoms with Crippen LogP contribution in [0.15, 0.2) is 36.5 Å². The van der Waals surface area contributed by atoms with E-state index in [4.69, 9.17) is 4.98 Å². The molecular weight excluding hydrogens is 300 g/mol. The van der Waals surface area contributed by atoms with Gasteiger partial charge in [-0.05, 0) is 31.5 Å². The van der Waals surface area contributed by atoms with Crippen LogP contribution in [-0.2, 0) is 5.54 Å². The van der Waals surface area contributed by atoms with E-state index in [1.54, 1.807) is 6.07 Å². The molecule has 0 fully saturated rings. The first-order valence-corrected chi connectivity index (χ1v) is 7.92. The highest BCUT2D eigenvalue weighted by Crippen LogP contribution is 2.35. The molecule has 118 valence electrons. The number of pyridine rings is 1. The van der Waals surface area contributed by atoms with Crippen molar-refractivity contribution >= 4 is 16.8 Å². The van der Waals surface area contributed by atoms with Gasteiger partial charge in [0.2, 0.25) is 0 Å². The highest BCUT2D eigenvalue weighted by molar-refractivity contribution is 6.01. The highest BCUT2D eigenvalue weighted by atomic mass is 16.2. The summed E-state index contributed by atoms with van der Waals surface area (Å²) in [4.78, 5) is 20.1. The molecule has 1 amide bonds. The maximum atomic E-state index is 12.1. The van der Waals surface area contributed by atoms with Gasteiger partial charge in [-0.1, -0.05) is 19.1 Å². The molecule has 0 aliphatic carbocycles. The summed E-state index contributed by atoms with van der Waals surface area (Å²) in [6, 6.07) is 11.5. The fraction of sp³-hybridized carbons (Fsp3) is 0.211. The molecule has 1 aliphatic heterocycles. The Hall–Kier alpha value is -3.13. The van der Waals surface area contributed by atoms with Crippen LogP contribution in [-0.4, -0.2) is 15.9 Å². The van der Waals surface area contributed by atoms with E-state index in [0.717, 1.165) is 34.3 Å². The lowest BCUT2D eigenvalue weighted by Gasteiger charge is -2.22. The second-order valence-corrected chi connectivity index (χ2v) is 6.27. The van der Waals surface area contributed by atoms with Crippen molar-refractivity contribution in [2.75, 3.05) is 0 Å². The Morgan fingerprint density at radius 1 is 1.25 bits per heavy atom. The van der Waals surface area contributed by atoms with Gasteiger partial charge in [0.1, 0.15) is 6.07 Å². The zero-order valence-electron chi connectivity index (χ0n) is 13.5. The second-order valence-electron chi connectivity index (χ2n) is 6.27. The molecule has 0 saturated carbocycles. The number of hydrogen-bond donors (Lipinski definition) is 2. The third kappa shape index (κ3) is 1.86. The van der Waals surface area contributed by atoms with Crippen molar-refractivity contribution in [3.05, 3.63) is 53.3 Å². The molecule has 5 nitrogen and oxygen atoms in total. The van der Waals surface area contributed by atoms with Gasteiger partial charge in [0.15, 0.2) is 0 Å². The third-order valence-electron chi connectivity index (χ3n) is 4.87. The molecule has 24 heavy (non-hydrogen) atoms. The average Bonchev–Trinajstić information content (AvgIpc) is 3.14. The van der Waals surface area contributed by atoms with Crippen molar-refractivity contribution in [1.82, 2.24) is 15.3 Å². The van der Waals surface area contributed by atoms with Crippen LogP contribution in [0.3, 0.4) is 0 Å². The molecule has 2 aromatic heterocycles. The van der Waals surface area contributed by atoms with Crippen molar-refractivity contribution < 1.29 is 4.79 Å². The summed E-state index contributed by atoms with van der Waals surface area (Å²) in [6.07, 6.45) is 2.64. The second kappa shape index (κ2) is 4.93. The van der Waals surface area contributed by atoms with E-state index in [1.807, 2.05) is 44.3 Å². The Balaban J connectivity index is 1.93. The molecule has 1 aliphatic rings. The number of carbonyl (C=O) groups is 1. The zero-order chi connectivity index (χ0) is 16.9. The van der Waals surface area contributed by atoms with Crippen LogP contribution in [0, 0.1) is 11.3 Å². The van der Waals surface area contributed by atoms with Gasteiger partial charge in [-0.3, -0.25) is 4.79 Å². The lowest BCUT2D eigenvalue weighted by Crippen LogP contribution is -2.35. The number of nitrogens with one attached hydrogen (secondary N) is 2. The van der Waals surface area contributed by atoms with Crippen LogP contribution < -0.4 is 5.32 Å². The number of nitrogens with zero attached hydrogens (tertiary/aromatic N) is 2. The number of fused-ring (bicyclic) bond motifs is 2. The van der Waals surface area contributed by atoms with E-state index in [9.17, 15) is 10.1 Å². The summed E-state index contributed by atoms with van der Waals surface area (Å²) >= 11 is 0. The van der Waals surface area contributed by atoms with E-state index in [2.05, 4.69) is 16.4 Å². The molecule has 5 heteroatoms. The number of nitriles is 1. The SMILES string of the molecule is CCC1(C)NC(=O)c2ccc(-c3c[nH]c4c(C#N)cccc34)nc21. The van der Waals surface area contributed by atoms with E-state index in [0.29, 0.717) is 11.1 Å².